The highest BCUT2D eigenvalue weighted by molar-refractivity contribution is 6.32. The van der Waals surface area contributed by atoms with E-state index in [9.17, 15) is 4.79 Å². The Morgan fingerprint density at radius 2 is 2.00 bits per heavy atom. The van der Waals surface area contributed by atoms with Gasteiger partial charge in [-0.2, -0.15) is 0 Å². The van der Waals surface area contributed by atoms with Crippen molar-refractivity contribution in [1.82, 2.24) is 5.32 Å². The molecule has 3 rings (SSSR count). The molecule has 0 atom stereocenters. The van der Waals surface area contributed by atoms with Crippen LogP contribution >= 0.6 is 11.6 Å². The van der Waals surface area contributed by atoms with Crippen molar-refractivity contribution in [2.75, 3.05) is 13.2 Å². The van der Waals surface area contributed by atoms with Crippen molar-refractivity contribution in [1.29, 1.82) is 0 Å². The molecule has 0 bridgehead atoms. The highest BCUT2D eigenvalue weighted by Crippen LogP contribution is 2.38. The monoisotopic (exact) mass is 345 g/mol. The van der Waals surface area contributed by atoms with Crippen LogP contribution in [0.25, 0.3) is 0 Å². The van der Waals surface area contributed by atoms with Crippen molar-refractivity contribution < 1.29 is 14.3 Å². The number of ether oxygens (including phenoxy) is 2. The van der Waals surface area contributed by atoms with Crippen molar-refractivity contribution in [2.24, 2.45) is 0 Å². The number of carbonyl (C=O) groups is 1. The van der Waals surface area contributed by atoms with Crippen molar-refractivity contribution in [3.63, 3.8) is 0 Å². The molecule has 0 aromatic heterocycles. The fraction of sp³-hybridized carbons (Fsp3) is 0.316. The standard InChI is InChI=1S/C19H20ClNO3/c1-13-5-2-3-6-15(13)12-21-18(22)11-14-9-16(20)19-17(10-14)23-7-4-8-24-19/h2-3,5-6,9-10H,4,7-8,11-12H2,1H3,(H,21,22). The van der Waals surface area contributed by atoms with Crippen LogP contribution in [0, 0.1) is 6.92 Å². The van der Waals surface area contributed by atoms with Gasteiger partial charge in [-0.3, -0.25) is 4.79 Å². The van der Waals surface area contributed by atoms with E-state index in [0.29, 0.717) is 36.3 Å². The quantitative estimate of drug-likeness (QED) is 0.919. The number of hydrogen-bond donors (Lipinski definition) is 1. The van der Waals surface area contributed by atoms with E-state index in [1.54, 1.807) is 6.07 Å². The summed E-state index contributed by atoms with van der Waals surface area (Å²) in [5.41, 5.74) is 3.09. The molecular formula is C19H20ClNO3. The zero-order valence-electron chi connectivity index (χ0n) is 13.6. The lowest BCUT2D eigenvalue weighted by molar-refractivity contribution is -0.120. The van der Waals surface area contributed by atoms with E-state index in [2.05, 4.69) is 5.32 Å². The minimum absolute atomic E-state index is 0.0520. The van der Waals surface area contributed by atoms with Gasteiger partial charge in [-0.05, 0) is 35.7 Å². The molecule has 0 radical (unpaired) electrons. The predicted molar refractivity (Wildman–Crippen MR) is 93.8 cm³/mol. The van der Waals surface area contributed by atoms with Crippen LogP contribution in [0.2, 0.25) is 5.02 Å². The Labute approximate surface area is 146 Å². The summed E-state index contributed by atoms with van der Waals surface area (Å²) in [5, 5.41) is 3.43. The summed E-state index contributed by atoms with van der Waals surface area (Å²) in [4.78, 5) is 12.2. The highest BCUT2D eigenvalue weighted by atomic mass is 35.5. The summed E-state index contributed by atoms with van der Waals surface area (Å²) < 4.78 is 11.3. The van der Waals surface area contributed by atoms with Crippen LogP contribution in [-0.2, 0) is 17.8 Å². The Kier molecular flexibility index (Phi) is 5.26. The first-order chi connectivity index (χ1) is 11.6. The van der Waals surface area contributed by atoms with Crippen LogP contribution in [0.5, 0.6) is 11.5 Å². The average Bonchev–Trinajstić information content (AvgIpc) is 2.80. The molecule has 1 aliphatic rings. The minimum Gasteiger partial charge on any atom is -0.489 e. The molecule has 0 saturated carbocycles. The molecule has 0 fully saturated rings. The second-order valence-corrected chi connectivity index (χ2v) is 6.24. The molecule has 1 amide bonds. The van der Waals surface area contributed by atoms with Crippen LogP contribution in [0.3, 0.4) is 0 Å². The van der Waals surface area contributed by atoms with Gasteiger partial charge in [-0.25, -0.2) is 0 Å². The zero-order chi connectivity index (χ0) is 16.9. The molecule has 2 aromatic carbocycles. The molecule has 1 heterocycles. The molecule has 5 heteroatoms. The summed E-state index contributed by atoms with van der Waals surface area (Å²) in [7, 11) is 0. The smallest absolute Gasteiger partial charge is 0.224 e. The Morgan fingerprint density at radius 1 is 1.21 bits per heavy atom. The van der Waals surface area contributed by atoms with Gasteiger partial charge in [-0.1, -0.05) is 35.9 Å². The highest BCUT2D eigenvalue weighted by Gasteiger charge is 2.16. The van der Waals surface area contributed by atoms with E-state index in [-0.39, 0.29) is 12.3 Å². The van der Waals surface area contributed by atoms with E-state index in [4.69, 9.17) is 21.1 Å². The third kappa shape index (κ3) is 4.01. The number of benzene rings is 2. The SMILES string of the molecule is Cc1ccccc1CNC(=O)Cc1cc(Cl)c2c(c1)OCCCO2. The van der Waals surface area contributed by atoms with Crippen LogP contribution in [0.1, 0.15) is 23.1 Å². The minimum atomic E-state index is -0.0520. The lowest BCUT2D eigenvalue weighted by Crippen LogP contribution is -2.24. The average molecular weight is 346 g/mol. The number of hydrogen-bond acceptors (Lipinski definition) is 3. The molecule has 1 N–H and O–H groups in total. The number of aryl methyl sites for hydroxylation is 1. The fourth-order valence-corrected chi connectivity index (χ4v) is 2.92. The molecule has 0 saturated heterocycles. The van der Waals surface area contributed by atoms with Gasteiger partial charge in [0, 0.05) is 13.0 Å². The molecule has 126 valence electrons. The number of rotatable bonds is 4. The maximum absolute atomic E-state index is 12.2. The topological polar surface area (TPSA) is 47.6 Å². The number of fused-ring (bicyclic) bond motifs is 1. The molecular weight excluding hydrogens is 326 g/mol. The predicted octanol–water partition coefficient (Wildman–Crippen LogP) is 3.67. The van der Waals surface area contributed by atoms with Gasteiger partial charge in [0.05, 0.1) is 24.7 Å². The third-order valence-electron chi connectivity index (χ3n) is 3.96. The lowest BCUT2D eigenvalue weighted by atomic mass is 10.1. The number of nitrogens with one attached hydrogen (secondary N) is 1. The van der Waals surface area contributed by atoms with Gasteiger partial charge < -0.3 is 14.8 Å². The van der Waals surface area contributed by atoms with Gasteiger partial charge >= 0.3 is 0 Å². The summed E-state index contributed by atoms with van der Waals surface area (Å²) in [6.07, 6.45) is 1.07. The van der Waals surface area contributed by atoms with Crippen LogP contribution in [0.4, 0.5) is 0 Å². The van der Waals surface area contributed by atoms with Crippen molar-refractivity contribution >= 4 is 17.5 Å². The molecule has 0 unspecified atom stereocenters. The lowest BCUT2D eigenvalue weighted by Gasteiger charge is -2.12. The van der Waals surface area contributed by atoms with Crippen molar-refractivity contribution in [3.05, 3.63) is 58.1 Å². The van der Waals surface area contributed by atoms with Crippen LogP contribution in [-0.4, -0.2) is 19.1 Å². The second-order valence-electron chi connectivity index (χ2n) is 5.84. The summed E-state index contributed by atoms with van der Waals surface area (Å²) in [6, 6.07) is 11.6. The van der Waals surface area contributed by atoms with Gasteiger partial charge in [0.1, 0.15) is 0 Å². The summed E-state index contributed by atoms with van der Waals surface area (Å²) in [6.45, 7) is 3.73. The fourth-order valence-electron chi connectivity index (χ4n) is 2.64. The maximum Gasteiger partial charge on any atom is 0.224 e. The molecule has 0 spiro atoms. The Hall–Kier alpha value is -2.20. The Balaban J connectivity index is 1.65. The summed E-state index contributed by atoms with van der Waals surface area (Å²) in [5.74, 6) is 1.13. The third-order valence-corrected chi connectivity index (χ3v) is 4.24. The summed E-state index contributed by atoms with van der Waals surface area (Å²) >= 11 is 6.26. The number of amides is 1. The van der Waals surface area contributed by atoms with Crippen molar-refractivity contribution in [3.8, 4) is 11.5 Å². The number of halogens is 1. The van der Waals surface area contributed by atoms with E-state index in [1.165, 1.54) is 0 Å². The number of carbonyl (C=O) groups excluding carboxylic acids is 1. The molecule has 2 aromatic rings. The largest absolute Gasteiger partial charge is 0.489 e. The first kappa shape index (κ1) is 16.7. The second kappa shape index (κ2) is 7.58. The van der Waals surface area contributed by atoms with E-state index < -0.39 is 0 Å². The van der Waals surface area contributed by atoms with Crippen LogP contribution in [0.15, 0.2) is 36.4 Å². The van der Waals surface area contributed by atoms with Gasteiger partial charge in [0.25, 0.3) is 0 Å². The van der Waals surface area contributed by atoms with Gasteiger partial charge in [0.15, 0.2) is 11.5 Å². The van der Waals surface area contributed by atoms with Crippen LogP contribution < -0.4 is 14.8 Å². The van der Waals surface area contributed by atoms with Crippen molar-refractivity contribution in [2.45, 2.75) is 26.3 Å². The first-order valence-corrected chi connectivity index (χ1v) is 8.40. The van der Waals surface area contributed by atoms with Gasteiger partial charge in [0.2, 0.25) is 5.91 Å². The molecule has 24 heavy (non-hydrogen) atoms. The maximum atomic E-state index is 12.2. The van der Waals surface area contributed by atoms with E-state index >= 15 is 0 Å². The Morgan fingerprint density at radius 3 is 2.83 bits per heavy atom. The molecule has 0 aliphatic carbocycles. The normalized spacial score (nSPS) is 13.2. The first-order valence-electron chi connectivity index (χ1n) is 8.02. The zero-order valence-corrected chi connectivity index (χ0v) is 14.4. The van der Waals surface area contributed by atoms with Gasteiger partial charge in [-0.15, -0.1) is 0 Å². The molecule has 1 aliphatic heterocycles. The van der Waals surface area contributed by atoms with E-state index in [1.807, 2.05) is 37.3 Å². The van der Waals surface area contributed by atoms with E-state index in [0.717, 1.165) is 23.1 Å². The Bertz CT molecular complexity index is 745. The molecule has 4 nitrogen and oxygen atoms in total.